The van der Waals surface area contributed by atoms with Crippen molar-refractivity contribution >= 4 is 33.3 Å². The molecule has 132 valence electrons. The first-order valence-electron chi connectivity index (χ1n) is 7.95. The molecule has 25 heavy (non-hydrogen) atoms. The van der Waals surface area contributed by atoms with E-state index in [4.69, 9.17) is 4.74 Å². The zero-order valence-electron chi connectivity index (χ0n) is 14.3. The molecule has 4 nitrogen and oxygen atoms in total. The number of hydrogen-bond acceptors (Lipinski definition) is 5. The van der Waals surface area contributed by atoms with Crippen molar-refractivity contribution in [2.24, 2.45) is 7.05 Å². The van der Waals surface area contributed by atoms with Crippen molar-refractivity contribution in [1.29, 1.82) is 0 Å². The highest BCUT2D eigenvalue weighted by Crippen LogP contribution is 2.28. The van der Waals surface area contributed by atoms with Crippen molar-refractivity contribution in [3.63, 3.8) is 0 Å². The second kappa shape index (κ2) is 7.58. The summed E-state index contributed by atoms with van der Waals surface area (Å²) >= 11 is 3.11. The zero-order chi connectivity index (χ0) is 18.0. The largest absolute Gasteiger partial charge is 0.494 e. The number of thiophene rings is 1. The van der Waals surface area contributed by atoms with E-state index in [1.54, 1.807) is 46.8 Å². The van der Waals surface area contributed by atoms with Gasteiger partial charge in [-0.2, -0.15) is 0 Å². The highest BCUT2D eigenvalue weighted by Gasteiger charge is 2.14. The first-order chi connectivity index (χ1) is 12.0. The van der Waals surface area contributed by atoms with Gasteiger partial charge in [0.25, 0.3) is 5.56 Å². The van der Waals surface area contributed by atoms with E-state index >= 15 is 0 Å². The van der Waals surface area contributed by atoms with Gasteiger partial charge in [0.05, 0.1) is 12.0 Å². The minimum absolute atomic E-state index is 0.0110. The Hall–Kier alpha value is -1.86. The summed E-state index contributed by atoms with van der Waals surface area (Å²) in [6.45, 7) is 4.52. The summed E-state index contributed by atoms with van der Waals surface area (Å²) in [5.41, 5.74) is 1.04. The van der Waals surface area contributed by atoms with Gasteiger partial charge in [-0.15, -0.1) is 11.3 Å². The molecule has 2 heterocycles. The Balaban J connectivity index is 1.60. The summed E-state index contributed by atoms with van der Waals surface area (Å²) in [7, 11) is 1.76. The summed E-state index contributed by atoms with van der Waals surface area (Å²) < 4.78 is 20.0. The number of nitrogens with zero attached hydrogens (tertiary/aromatic N) is 2. The molecule has 3 rings (SSSR count). The summed E-state index contributed by atoms with van der Waals surface area (Å²) in [5.74, 6) is 1.17. The Morgan fingerprint density at radius 2 is 2.00 bits per heavy atom. The number of aryl methyl sites for hydroxylation is 2. The second-order valence-corrected chi connectivity index (χ2v) is 7.99. The molecular formula is C18H19FN2O2S2. The van der Waals surface area contributed by atoms with Crippen LogP contribution in [0.5, 0.6) is 5.75 Å². The molecule has 0 atom stereocenters. The number of benzene rings is 1. The highest BCUT2D eigenvalue weighted by atomic mass is 32.2. The number of fused-ring (bicyclic) bond motifs is 1. The van der Waals surface area contributed by atoms with Crippen LogP contribution in [0.4, 0.5) is 4.39 Å². The molecular weight excluding hydrogens is 359 g/mol. The number of rotatable bonds is 6. The van der Waals surface area contributed by atoms with Gasteiger partial charge in [-0.1, -0.05) is 11.8 Å². The topological polar surface area (TPSA) is 44.1 Å². The molecule has 1 aromatic carbocycles. The van der Waals surface area contributed by atoms with Crippen LogP contribution >= 0.6 is 23.1 Å². The maximum atomic E-state index is 12.8. The van der Waals surface area contributed by atoms with E-state index in [1.165, 1.54) is 12.1 Å². The Morgan fingerprint density at radius 1 is 1.28 bits per heavy atom. The summed E-state index contributed by atoms with van der Waals surface area (Å²) in [6, 6.07) is 5.99. The normalized spacial score (nSPS) is 11.2. The maximum absolute atomic E-state index is 12.8. The van der Waals surface area contributed by atoms with Crippen molar-refractivity contribution < 1.29 is 9.13 Å². The lowest BCUT2D eigenvalue weighted by Gasteiger charge is -2.08. The molecule has 0 radical (unpaired) electrons. The first kappa shape index (κ1) is 17.9. The van der Waals surface area contributed by atoms with E-state index < -0.39 is 0 Å². The quantitative estimate of drug-likeness (QED) is 0.364. The molecule has 0 fully saturated rings. The molecule has 0 unspecified atom stereocenters. The predicted octanol–water partition coefficient (Wildman–Crippen LogP) is 4.31. The molecule has 0 spiro atoms. The molecule has 0 saturated carbocycles. The predicted molar refractivity (Wildman–Crippen MR) is 102 cm³/mol. The Kier molecular flexibility index (Phi) is 5.44. The van der Waals surface area contributed by atoms with E-state index in [-0.39, 0.29) is 11.4 Å². The molecule has 0 aliphatic rings. The fraction of sp³-hybridized carbons (Fsp3) is 0.333. The van der Waals surface area contributed by atoms with Gasteiger partial charge in [0.2, 0.25) is 0 Å². The minimum Gasteiger partial charge on any atom is -0.494 e. The van der Waals surface area contributed by atoms with Gasteiger partial charge in [0, 0.05) is 17.7 Å². The third-order valence-corrected chi connectivity index (χ3v) is 6.19. The van der Waals surface area contributed by atoms with Crippen molar-refractivity contribution in [2.45, 2.75) is 25.4 Å². The zero-order valence-corrected chi connectivity index (χ0v) is 16.0. The van der Waals surface area contributed by atoms with Crippen LogP contribution in [0.3, 0.4) is 0 Å². The van der Waals surface area contributed by atoms with E-state index in [0.29, 0.717) is 12.4 Å². The summed E-state index contributed by atoms with van der Waals surface area (Å²) in [5, 5.41) is 1.45. The third-order valence-electron chi connectivity index (χ3n) is 3.97. The SMILES string of the molecule is Cc1sc2nc(SCCCOc3ccc(F)cc3)n(C)c(=O)c2c1C. The Labute approximate surface area is 153 Å². The molecule has 0 saturated heterocycles. The van der Waals surface area contributed by atoms with Crippen molar-refractivity contribution in [3.05, 3.63) is 50.9 Å². The van der Waals surface area contributed by atoms with Gasteiger partial charge in [-0.25, -0.2) is 9.37 Å². The molecule has 0 aliphatic heterocycles. The fourth-order valence-electron chi connectivity index (χ4n) is 2.43. The number of hydrogen-bond donors (Lipinski definition) is 0. The van der Waals surface area contributed by atoms with Crippen LogP contribution in [0.25, 0.3) is 10.2 Å². The van der Waals surface area contributed by atoms with Crippen molar-refractivity contribution in [3.8, 4) is 5.75 Å². The van der Waals surface area contributed by atoms with Crippen LogP contribution in [0.1, 0.15) is 16.9 Å². The first-order valence-corrected chi connectivity index (χ1v) is 9.75. The second-order valence-electron chi connectivity index (χ2n) is 5.73. The molecule has 0 aliphatic carbocycles. The highest BCUT2D eigenvalue weighted by molar-refractivity contribution is 7.99. The number of thioether (sulfide) groups is 1. The molecule has 0 bridgehead atoms. The monoisotopic (exact) mass is 378 g/mol. The minimum atomic E-state index is -0.274. The smallest absolute Gasteiger partial charge is 0.262 e. The number of ether oxygens (including phenoxy) is 1. The number of aromatic nitrogens is 2. The van der Waals surface area contributed by atoms with Crippen LogP contribution < -0.4 is 10.3 Å². The average molecular weight is 378 g/mol. The van der Waals surface area contributed by atoms with Gasteiger partial charge in [-0.05, 0) is 50.1 Å². The van der Waals surface area contributed by atoms with E-state index in [9.17, 15) is 9.18 Å². The summed E-state index contributed by atoms with van der Waals surface area (Å²) in [4.78, 5) is 19.1. The molecule has 3 aromatic rings. The van der Waals surface area contributed by atoms with Gasteiger partial charge < -0.3 is 4.74 Å². The van der Waals surface area contributed by atoms with Crippen molar-refractivity contribution in [2.75, 3.05) is 12.4 Å². The van der Waals surface area contributed by atoms with E-state index in [2.05, 4.69) is 4.98 Å². The van der Waals surface area contributed by atoms with Crippen LogP contribution in [-0.4, -0.2) is 21.9 Å². The fourth-order valence-corrected chi connectivity index (χ4v) is 4.38. The number of halogens is 1. The van der Waals surface area contributed by atoms with Crippen LogP contribution in [0, 0.1) is 19.7 Å². The standard InChI is InChI=1S/C18H19FN2O2S2/c1-11-12(2)25-16-15(11)17(22)21(3)18(20-16)24-10-4-9-23-14-7-5-13(19)6-8-14/h5-8H,4,9-10H2,1-3H3. The third kappa shape index (κ3) is 3.88. The van der Waals surface area contributed by atoms with Crippen LogP contribution in [-0.2, 0) is 7.05 Å². The van der Waals surface area contributed by atoms with Crippen LogP contribution in [0.15, 0.2) is 34.2 Å². The van der Waals surface area contributed by atoms with E-state index in [0.717, 1.165) is 38.0 Å². The molecule has 0 N–H and O–H groups in total. The van der Waals surface area contributed by atoms with Crippen molar-refractivity contribution in [1.82, 2.24) is 9.55 Å². The van der Waals surface area contributed by atoms with E-state index in [1.807, 2.05) is 13.8 Å². The van der Waals surface area contributed by atoms with Crippen LogP contribution in [0.2, 0.25) is 0 Å². The molecule has 0 amide bonds. The average Bonchev–Trinajstić information content (AvgIpc) is 2.87. The molecule has 2 aromatic heterocycles. The maximum Gasteiger partial charge on any atom is 0.262 e. The Morgan fingerprint density at radius 3 is 2.72 bits per heavy atom. The molecule has 7 heteroatoms. The van der Waals surface area contributed by atoms with Gasteiger partial charge in [0.15, 0.2) is 5.16 Å². The lowest BCUT2D eigenvalue weighted by molar-refractivity contribution is 0.318. The lowest BCUT2D eigenvalue weighted by Crippen LogP contribution is -2.20. The van der Waals surface area contributed by atoms with Gasteiger partial charge in [-0.3, -0.25) is 9.36 Å². The lowest BCUT2D eigenvalue weighted by atomic mass is 10.2. The van der Waals surface area contributed by atoms with Gasteiger partial charge >= 0.3 is 0 Å². The van der Waals surface area contributed by atoms with Gasteiger partial charge in [0.1, 0.15) is 16.4 Å². The summed E-state index contributed by atoms with van der Waals surface area (Å²) in [6.07, 6.45) is 0.804. The Bertz CT molecular complexity index is 948.